The quantitative estimate of drug-likeness (QED) is 0.526. The van der Waals surface area contributed by atoms with Crippen molar-refractivity contribution in [3.8, 4) is 0 Å². The van der Waals surface area contributed by atoms with E-state index in [4.69, 9.17) is 4.74 Å². The minimum Gasteiger partial charge on any atom is -0.366 e. The van der Waals surface area contributed by atoms with Gasteiger partial charge in [-0.3, -0.25) is 5.32 Å². The fourth-order valence-electron chi connectivity index (χ4n) is 0.971. The highest BCUT2D eigenvalue weighted by Gasteiger charge is 2.18. The van der Waals surface area contributed by atoms with Crippen LogP contribution in [0.3, 0.4) is 0 Å². The molecular weight excluding hydrogens is 114 g/mol. The van der Waals surface area contributed by atoms with Crippen LogP contribution in [0.4, 0.5) is 0 Å². The highest BCUT2D eigenvalue weighted by atomic mass is 16.5. The highest BCUT2D eigenvalue weighted by Crippen LogP contribution is 2.19. The van der Waals surface area contributed by atoms with E-state index >= 15 is 0 Å². The Morgan fingerprint density at radius 3 is 3.00 bits per heavy atom. The van der Waals surface area contributed by atoms with E-state index in [2.05, 4.69) is 19.2 Å². The van der Waals surface area contributed by atoms with E-state index in [9.17, 15) is 0 Å². The summed E-state index contributed by atoms with van der Waals surface area (Å²) in [6.07, 6.45) is 1.17. The summed E-state index contributed by atoms with van der Waals surface area (Å²) in [5, 5.41) is 3.22. The molecule has 0 aromatic heterocycles. The van der Waals surface area contributed by atoms with Gasteiger partial charge in [0, 0.05) is 13.2 Å². The zero-order valence-corrected chi connectivity index (χ0v) is 6.24. The molecule has 0 bridgehead atoms. The highest BCUT2D eigenvalue weighted by molar-refractivity contribution is 4.71. The second-order valence-corrected chi connectivity index (χ2v) is 3.39. The van der Waals surface area contributed by atoms with Crippen LogP contribution in [-0.2, 0) is 4.74 Å². The van der Waals surface area contributed by atoms with Gasteiger partial charge in [0.15, 0.2) is 0 Å². The monoisotopic (exact) mass is 129 g/mol. The topological polar surface area (TPSA) is 21.3 Å². The van der Waals surface area contributed by atoms with Crippen molar-refractivity contribution in [2.24, 2.45) is 5.41 Å². The molecule has 2 nitrogen and oxygen atoms in total. The summed E-state index contributed by atoms with van der Waals surface area (Å²) in [7, 11) is 0. The molecule has 0 saturated carbocycles. The Bertz CT molecular complexity index is 80.9. The number of ether oxygens (including phenoxy) is 1. The van der Waals surface area contributed by atoms with Crippen LogP contribution in [0.5, 0.6) is 0 Å². The predicted octanol–water partition coefficient (Wildman–Crippen LogP) is 0.980. The van der Waals surface area contributed by atoms with Gasteiger partial charge in [-0.05, 0) is 11.8 Å². The van der Waals surface area contributed by atoms with Gasteiger partial charge in [-0.1, -0.05) is 13.8 Å². The first-order chi connectivity index (χ1) is 4.21. The predicted molar refractivity (Wildman–Crippen MR) is 37.2 cm³/mol. The van der Waals surface area contributed by atoms with E-state index in [1.54, 1.807) is 0 Å². The lowest BCUT2D eigenvalue weighted by atomic mass is 9.90. The van der Waals surface area contributed by atoms with Crippen molar-refractivity contribution < 1.29 is 4.74 Å². The molecule has 1 rings (SSSR count). The minimum absolute atomic E-state index is 0.427. The molecule has 0 spiro atoms. The first-order valence-corrected chi connectivity index (χ1v) is 3.49. The summed E-state index contributed by atoms with van der Waals surface area (Å²) in [6.45, 7) is 7.22. The molecule has 2 heteroatoms. The number of hydrogen-bond acceptors (Lipinski definition) is 2. The molecule has 0 radical (unpaired) electrons. The molecule has 0 amide bonds. The van der Waals surface area contributed by atoms with Gasteiger partial charge in [-0.25, -0.2) is 0 Å². The SMILES string of the molecule is CC1(C)CCOCNC1. The summed E-state index contributed by atoms with van der Waals surface area (Å²) >= 11 is 0. The van der Waals surface area contributed by atoms with Crippen molar-refractivity contribution >= 4 is 0 Å². The molecule has 1 aliphatic heterocycles. The van der Waals surface area contributed by atoms with Gasteiger partial charge < -0.3 is 4.74 Å². The lowest BCUT2D eigenvalue weighted by molar-refractivity contribution is 0.126. The third kappa shape index (κ3) is 2.33. The van der Waals surface area contributed by atoms with E-state index < -0.39 is 0 Å². The molecule has 1 heterocycles. The fraction of sp³-hybridized carbons (Fsp3) is 1.00. The van der Waals surface area contributed by atoms with E-state index in [-0.39, 0.29) is 0 Å². The lowest BCUT2D eigenvalue weighted by Crippen LogP contribution is -2.26. The summed E-state index contributed by atoms with van der Waals surface area (Å²) in [5.41, 5.74) is 0.427. The van der Waals surface area contributed by atoms with Crippen LogP contribution in [-0.4, -0.2) is 19.9 Å². The molecule has 0 aliphatic carbocycles. The summed E-state index contributed by atoms with van der Waals surface area (Å²) in [4.78, 5) is 0. The Morgan fingerprint density at radius 1 is 1.44 bits per heavy atom. The van der Waals surface area contributed by atoms with E-state index in [0.29, 0.717) is 5.41 Å². The summed E-state index contributed by atoms with van der Waals surface area (Å²) in [6, 6.07) is 0. The largest absolute Gasteiger partial charge is 0.366 e. The van der Waals surface area contributed by atoms with Gasteiger partial charge in [0.2, 0.25) is 0 Å². The fourth-order valence-corrected chi connectivity index (χ4v) is 0.971. The van der Waals surface area contributed by atoms with E-state index in [1.165, 1.54) is 6.42 Å². The standard InChI is InChI=1S/C7H15NO/c1-7(2)3-4-9-6-8-5-7/h8H,3-6H2,1-2H3. The Balaban J connectivity index is 2.36. The van der Waals surface area contributed by atoms with Crippen LogP contribution in [0.25, 0.3) is 0 Å². The molecular formula is C7H15NO. The number of nitrogens with one attached hydrogen (secondary N) is 1. The normalized spacial score (nSPS) is 27.3. The van der Waals surface area contributed by atoms with Crippen molar-refractivity contribution in [2.75, 3.05) is 19.9 Å². The second-order valence-electron chi connectivity index (χ2n) is 3.39. The Morgan fingerprint density at radius 2 is 2.22 bits per heavy atom. The molecule has 1 fully saturated rings. The van der Waals surface area contributed by atoms with Crippen LogP contribution < -0.4 is 5.32 Å². The van der Waals surface area contributed by atoms with E-state index in [1.807, 2.05) is 0 Å². The third-order valence-corrected chi connectivity index (χ3v) is 1.73. The maximum absolute atomic E-state index is 5.22. The van der Waals surface area contributed by atoms with Gasteiger partial charge in [-0.2, -0.15) is 0 Å². The summed E-state index contributed by atoms with van der Waals surface area (Å²) < 4.78 is 5.22. The zero-order chi connectivity index (χ0) is 6.74. The smallest absolute Gasteiger partial charge is 0.0965 e. The molecule has 0 aromatic rings. The van der Waals surface area contributed by atoms with Crippen molar-refractivity contribution in [1.82, 2.24) is 5.32 Å². The average molecular weight is 129 g/mol. The Kier molecular flexibility index (Phi) is 2.09. The first-order valence-electron chi connectivity index (χ1n) is 3.49. The van der Waals surface area contributed by atoms with Gasteiger partial charge in [0.25, 0.3) is 0 Å². The molecule has 54 valence electrons. The van der Waals surface area contributed by atoms with Crippen molar-refractivity contribution in [1.29, 1.82) is 0 Å². The molecule has 1 saturated heterocycles. The first kappa shape index (κ1) is 7.03. The minimum atomic E-state index is 0.427. The molecule has 0 unspecified atom stereocenters. The average Bonchev–Trinajstić information content (AvgIpc) is 1.92. The molecule has 0 aromatic carbocycles. The molecule has 0 atom stereocenters. The molecule has 1 N–H and O–H groups in total. The van der Waals surface area contributed by atoms with E-state index in [0.717, 1.165) is 19.9 Å². The maximum Gasteiger partial charge on any atom is 0.0965 e. The van der Waals surface area contributed by atoms with Crippen LogP contribution in [0.2, 0.25) is 0 Å². The van der Waals surface area contributed by atoms with Crippen LogP contribution >= 0.6 is 0 Å². The lowest BCUT2D eigenvalue weighted by Gasteiger charge is -2.20. The maximum atomic E-state index is 5.22. The van der Waals surface area contributed by atoms with Gasteiger partial charge in [0.1, 0.15) is 0 Å². The van der Waals surface area contributed by atoms with Crippen LogP contribution in [0.15, 0.2) is 0 Å². The Labute approximate surface area is 56.6 Å². The van der Waals surface area contributed by atoms with Crippen molar-refractivity contribution in [2.45, 2.75) is 20.3 Å². The van der Waals surface area contributed by atoms with Crippen LogP contribution in [0.1, 0.15) is 20.3 Å². The number of hydrogen-bond donors (Lipinski definition) is 1. The zero-order valence-electron chi connectivity index (χ0n) is 6.24. The van der Waals surface area contributed by atoms with Gasteiger partial charge in [0.05, 0.1) is 6.73 Å². The van der Waals surface area contributed by atoms with Gasteiger partial charge in [-0.15, -0.1) is 0 Å². The molecule has 9 heavy (non-hydrogen) atoms. The summed E-state index contributed by atoms with van der Waals surface area (Å²) in [5.74, 6) is 0. The Hall–Kier alpha value is -0.0800. The third-order valence-electron chi connectivity index (χ3n) is 1.73. The van der Waals surface area contributed by atoms with Crippen LogP contribution in [0, 0.1) is 5.41 Å². The van der Waals surface area contributed by atoms with Crippen molar-refractivity contribution in [3.63, 3.8) is 0 Å². The number of rotatable bonds is 0. The van der Waals surface area contributed by atoms with Crippen molar-refractivity contribution in [3.05, 3.63) is 0 Å². The second kappa shape index (κ2) is 2.67. The van der Waals surface area contributed by atoms with Gasteiger partial charge >= 0.3 is 0 Å². The molecule has 1 aliphatic rings.